The molecule has 134 valence electrons. The van der Waals surface area contributed by atoms with Gasteiger partial charge < -0.3 is 14.8 Å². The molecule has 2 aromatic rings. The molecule has 1 N–H and O–H groups in total. The number of hydrogen-bond donors (Lipinski definition) is 1. The third kappa shape index (κ3) is 6.74. The molecule has 0 spiro atoms. The second-order valence-corrected chi connectivity index (χ2v) is 5.20. The van der Waals surface area contributed by atoms with Crippen LogP contribution >= 0.6 is 0 Å². The monoisotopic (exact) mass is 353 g/mol. The molecule has 0 saturated carbocycles. The number of halogens is 3. The Balaban J connectivity index is 1.86. The first-order valence-electron chi connectivity index (χ1n) is 7.73. The molecule has 0 unspecified atom stereocenters. The minimum Gasteiger partial charge on any atom is -0.494 e. The van der Waals surface area contributed by atoms with Crippen LogP contribution in [-0.4, -0.2) is 18.9 Å². The zero-order valence-electron chi connectivity index (χ0n) is 13.6. The van der Waals surface area contributed by atoms with E-state index >= 15 is 0 Å². The number of ether oxygens (including phenoxy) is 2. The number of alkyl halides is 3. The van der Waals surface area contributed by atoms with E-state index in [-0.39, 0.29) is 23.8 Å². The zero-order chi connectivity index (χ0) is 18.3. The average Bonchev–Trinajstić information content (AvgIpc) is 2.53. The van der Waals surface area contributed by atoms with E-state index in [1.54, 1.807) is 0 Å². The molecule has 4 nitrogen and oxygen atoms in total. The largest absolute Gasteiger partial charge is 0.573 e. The van der Waals surface area contributed by atoms with Crippen LogP contribution in [-0.2, 0) is 11.2 Å². The highest BCUT2D eigenvalue weighted by Crippen LogP contribution is 2.25. The van der Waals surface area contributed by atoms with Crippen LogP contribution in [0, 0.1) is 0 Å². The van der Waals surface area contributed by atoms with Crippen molar-refractivity contribution >= 4 is 11.6 Å². The molecule has 2 aromatic carbocycles. The molecule has 1 amide bonds. The maximum Gasteiger partial charge on any atom is 0.573 e. The summed E-state index contributed by atoms with van der Waals surface area (Å²) in [7, 11) is 0. The van der Waals surface area contributed by atoms with Gasteiger partial charge in [0, 0.05) is 18.2 Å². The van der Waals surface area contributed by atoms with Gasteiger partial charge in [-0.15, -0.1) is 13.2 Å². The summed E-state index contributed by atoms with van der Waals surface area (Å²) in [6.45, 7) is 2.48. The van der Waals surface area contributed by atoms with Crippen LogP contribution in [0.2, 0.25) is 0 Å². The molecular weight excluding hydrogens is 335 g/mol. The molecule has 0 aromatic heterocycles. The lowest BCUT2D eigenvalue weighted by Gasteiger charge is -2.11. The van der Waals surface area contributed by atoms with E-state index in [1.165, 1.54) is 18.2 Å². The first-order valence-corrected chi connectivity index (χ1v) is 7.73. The Morgan fingerprint density at radius 3 is 2.44 bits per heavy atom. The van der Waals surface area contributed by atoms with Crippen molar-refractivity contribution in [3.63, 3.8) is 0 Å². The maximum absolute atomic E-state index is 12.2. The van der Waals surface area contributed by atoms with Crippen LogP contribution in [0.5, 0.6) is 11.5 Å². The summed E-state index contributed by atoms with van der Waals surface area (Å²) < 4.78 is 45.8. The number of aryl methyl sites for hydroxylation is 1. The Bertz CT molecular complexity index is 699. The molecule has 0 aliphatic carbocycles. The van der Waals surface area contributed by atoms with Crippen molar-refractivity contribution in [1.29, 1.82) is 0 Å². The number of nitrogens with one attached hydrogen (secondary N) is 1. The molecule has 0 heterocycles. The number of amides is 1. The summed E-state index contributed by atoms with van der Waals surface area (Å²) in [5.74, 6) is 0.0898. The van der Waals surface area contributed by atoms with Gasteiger partial charge in [-0.3, -0.25) is 4.79 Å². The van der Waals surface area contributed by atoms with Crippen LogP contribution < -0.4 is 14.8 Å². The Morgan fingerprint density at radius 1 is 1.08 bits per heavy atom. The molecule has 0 atom stereocenters. The van der Waals surface area contributed by atoms with E-state index in [9.17, 15) is 18.0 Å². The number of hydrogen-bond acceptors (Lipinski definition) is 3. The molecule has 0 bridgehead atoms. The summed E-state index contributed by atoms with van der Waals surface area (Å²) in [5, 5.41) is 2.56. The van der Waals surface area contributed by atoms with E-state index in [4.69, 9.17) is 4.74 Å². The standard InChI is InChI=1S/C18H18F3NO3/c1-2-24-15-9-6-13(7-10-15)8-11-17(23)22-14-4-3-5-16(12-14)25-18(19,20)21/h3-7,9-10,12H,2,8,11H2,1H3,(H,22,23). The predicted octanol–water partition coefficient (Wildman–Crippen LogP) is 4.56. The normalized spacial score (nSPS) is 11.0. The van der Waals surface area contributed by atoms with E-state index in [1.807, 2.05) is 31.2 Å². The predicted molar refractivity (Wildman–Crippen MR) is 87.7 cm³/mol. The van der Waals surface area contributed by atoms with Gasteiger partial charge in [-0.05, 0) is 43.2 Å². The molecule has 0 saturated heterocycles. The minimum absolute atomic E-state index is 0.207. The molecule has 7 heteroatoms. The second kappa shape index (κ2) is 8.41. The number of rotatable bonds is 7. The highest BCUT2D eigenvalue weighted by Gasteiger charge is 2.31. The van der Waals surface area contributed by atoms with Crippen molar-refractivity contribution in [2.45, 2.75) is 26.1 Å². The van der Waals surface area contributed by atoms with Gasteiger partial charge in [0.15, 0.2) is 0 Å². The van der Waals surface area contributed by atoms with Crippen LogP contribution in [0.1, 0.15) is 18.9 Å². The van der Waals surface area contributed by atoms with Gasteiger partial charge >= 0.3 is 6.36 Å². The third-order valence-corrected chi connectivity index (χ3v) is 3.23. The zero-order valence-corrected chi connectivity index (χ0v) is 13.6. The van der Waals surface area contributed by atoms with E-state index in [0.717, 1.165) is 17.4 Å². The van der Waals surface area contributed by atoms with Crippen molar-refractivity contribution in [2.75, 3.05) is 11.9 Å². The molecule has 0 fully saturated rings. The summed E-state index contributed by atoms with van der Waals surface area (Å²) >= 11 is 0. The SMILES string of the molecule is CCOc1ccc(CCC(=O)Nc2cccc(OC(F)(F)F)c2)cc1. The summed E-state index contributed by atoms with van der Waals surface area (Å²) in [6.07, 6.45) is -4.05. The summed E-state index contributed by atoms with van der Waals surface area (Å²) in [5.41, 5.74) is 1.21. The lowest BCUT2D eigenvalue weighted by Crippen LogP contribution is -2.17. The number of anilines is 1. The van der Waals surface area contributed by atoms with Crippen molar-refractivity contribution < 1.29 is 27.4 Å². The first-order chi connectivity index (χ1) is 11.9. The summed E-state index contributed by atoms with van der Waals surface area (Å²) in [6, 6.07) is 12.6. The van der Waals surface area contributed by atoms with Crippen molar-refractivity contribution in [2.24, 2.45) is 0 Å². The first kappa shape index (κ1) is 18.6. The lowest BCUT2D eigenvalue weighted by molar-refractivity contribution is -0.274. The smallest absolute Gasteiger partial charge is 0.494 e. The Labute approximate surface area is 143 Å². The molecule has 2 rings (SSSR count). The topological polar surface area (TPSA) is 47.6 Å². The van der Waals surface area contributed by atoms with Crippen LogP contribution in [0.3, 0.4) is 0 Å². The molecular formula is C18H18F3NO3. The van der Waals surface area contributed by atoms with E-state index in [2.05, 4.69) is 10.1 Å². The van der Waals surface area contributed by atoms with Crippen molar-refractivity contribution in [1.82, 2.24) is 0 Å². The van der Waals surface area contributed by atoms with Crippen LogP contribution in [0.15, 0.2) is 48.5 Å². The van der Waals surface area contributed by atoms with Gasteiger partial charge in [0.2, 0.25) is 5.91 Å². The molecule has 25 heavy (non-hydrogen) atoms. The lowest BCUT2D eigenvalue weighted by atomic mass is 10.1. The van der Waals surface area contributed by atoms with Gasteiger partial charge in [0.25, 0.3) is 0 Å². The highest BCUT2D eigenvalue weighted by atomic mass is 19.4. The molecule has 0 aliphatic heterocycles. The Morgan fingerprint density at radius 2 is 1.80 bits per heavy atom. The molecule has 0 aliphatic rings. The van der Waals surface area contributed by atoms with E-state index in [0.29, 0.717) is 13.0 Å². The average molecular weight is 353 g/mol. The fraction of sp³-hybridized carbons (Fsp3) is 0.278. The van der Waals surface area contributed by atoms with Crippen LogP contribution in [0.4, 0.5) is 18.9 Å². The number of carbonyl (C=O) groups is 1. The number of carbonyl (C=O) groups excluding carboxylic acids is 1. The minimum atomic E-state index is -4.77. The van der Waals surface area contributed by atoms with Crippen molar-refractivity contribution in [3.05, 3.63) is 54.1 Å². The van der Waals surface area contributed by atoms with E-state index < -0.39 is 6.36 Å². The Hall–Kier alpha value is -2.70. The quantitative estimate of drug-likeness (QED) is 0.794. The maximum atomic E-state index is 12.2. The second-order valence-electron chi connectivity index (χ2n) is 5.20. The van der Waals surface area contributed by atoms with Crippen molar-refractivity contribution in [3.8, 4) is 11.5 Å². The van der Waals surface area contributed by atoms with Gasteiger partial charge in [0.05, 0.1) is 6.61 Å². The summed E-state index contributed by atoms with van der Waals surface area (Å²) in [4.78, 5) is 12.0. The van der Waals surface area contributed by atoms with Gasteiger partial charge in [-0.1, -0.05) is 18.2 Å². The van der Waals surface area contributed by atoms with Gasteiger partial charge in [0.1, 0.15) is 11.5 Å². The van der Waals surface area contributed by atoms with Crippen LogP contribution in [0.25, 0.3) is 0 Å². The number of benzene rings is 2. The Kier molecular flexibility index (Phi) is 6.27. The third-order valence-electron chi connectivity index (χ3n) is 3.23. The highest BCUT2D eigenvalue weighted by molar-refractivity contribution is 5.91. The molecule has 0 radical (unpaired) electrons. The van der Waals surface area contributed by atoms with Gasteiger partial charge in [-0.2, -0.15) is 0 Å². The fourth-order valence-electron chi connectivity index (χ4n) is 2.17. The fourth-order valence-corrected chi connectivity index (χ4v) is 2.17. The van der Waals surface area contributed by atoms with Gasteiger partial charge in [-0.25, -0.2) is 0 Å².